The first-order valence-corrected chi connectivity index (χ1v) is 11.1. The molecule has 0 N–H and O–H groups in total. The second-order valence-corrected chi connectivity index (χ2v) is 8.69. The van der Waals surface area contributed by atoms with Gasteiger partial charge < -0.3 is 0 Å². The van der Waals surface area contributed by atoms with Gasteiger partial charge in [-0.1, -0.05) is 70.4 Å². The summed E-state index contributed by atoms with van der Waals surface area (Å²) in [7, 11) is 0. The molecule has 0 aromatic heterocycles. The van der Waals surface area contributed by atoms with Gasteiger partial charge in [-0.05, 0) is 68.3 Å². The summed E-state index contributed by atoms with van der Waals surface area (Å²) in [6, 6.07) is 1.50. The van der Waals surface area contributed by atoms with Gasteiger partial charge in [0.25, 0.3) is 0 Å². The maximum atomic E-state index is 12.7. The summed E-state index contributed by atoms with van der Waals surface area (Å²) < 4.78 is 12.7. The van der Waals surface area contributed by atoms with Crippen molar-refractivity contribution >= 4 is 0 Å². The van der Waals surface area contributed by atoms with Crippen LogP contribution in [-0.4, -0.2) is 0 Å². The Hall–Kier alpha value is -1.10. The van der Waals surface area contributed by atoms with Crippen LogP contribution >= 0.6 is 0 Å². The van der Waals surface area contributed by atoms with Crippen molar-refractivity contribution in [2.75, 3.05) is 0 Å². The number of halogens is 1. The summed E-state index contributed by atoms with van der Waals surface area (Å²) >= 11 is 0. The SMILES string of the molecule is CCCCC[C@H]1CC[C@H](C2CCC(CCC=CC=C(F)C#N)CC2)CC1. The number of allylic oxidation sites excluding steroid dienone is 4. The van der Waals surface area contributed by atoms with Crippen LogP contribution in [-0.2, 0) is 0 Å². The molecule has 26 heavy (non-hydrogen) atoms. The standard InChI is InChI=1S/C24H38FN/c1-2-3-5-8-20-11-15-22(16-12-20)23-17-13-21(14-18-23)9-6-4-7-10-24(25)19-26/h4,7,10,20-23H,2-3,5-6,8-9,11-18H2,1H3/t20-,21?,22-,23?. The lowest BCUT2D eigenvalue weighted by molar-refractivity contribution is 0.140. The minimum Gasteiger partial charge on any atom is -0.195 e. The number of nitriles is 1. The van der Waals surface area contributed by atoms with Crippen LogP contribution in [0.3, 0.4) is 0 Å². The van der Waals surface area contributed by atoms with Crippen LogP contribution in [0.4, 0.5) is 4.39 Å². The van der Waals surface area contributed by atoms with Crippen molar-refractivity contribution < 1.29 is 4.39 Å². The van der Waals surface area contributed by atoms with Gasteiger partial charge in [0.2, 0.25) is 0 Å². The Bertz CT molecular complexity index is 471. The maximum absolute atomic E-state index is 12.7. The molecule has 2 rings (SSSR count). The van der Waals surface area contributed by atoms with Gasteiger partial charge >= 0.3 is 0 Å². The molecule has 0 bridgehead atoms. The number of hydrogen-bond donors (Lipinski definition) is 0. The number of hydrogen-bond acceptors (Lipinski definition) is 1. The van der Waals surface area contributed by atoms with Crippen molar-refractivity contribution in [3.8, 4) is 6.07 Å². The van der Waals surface area contributed by atoms with E-state index in [1.54, 1.807) is 6.08 Å². The predicted octanol–water partition coefficient (Wildman–Crippen LogP) is 7.89. The third-order valence-corrected chi connectivity index (χ3v) is 6.89. The molecule has 0 aromatic carbocycles. The van der Waals surface area contributed by atoms with Crippen LogP contribution in [0.2, 0.25) is 0 Å². The maximum Gasteiger partial charge on any atom is 0.199 e. The van der Waals surface area contributed by atoms with Crippen molar-refractivity contribution in [2.45, 2.75) is 96.8 Å². The molecule has 0 spiro atoms. The Morgan fingerprint density at radius 1 is 0.923 bits per heavy atom. The zero-order valence-corrected chi connectivity index (χ0v) is 16.8. The van der Waals surface area contributed by atoms with Crippen molar-refractivity contribution in [3.63, 3.8) is 0 Å². The van der Waals surface area contributed by atoms with E-state index in [1.165, 1.54) is 95.6 Å². The van der Waals surface area contributed by atoms with E-state index in [0.29, 0.717) is 0 Å². The summed E-state index contributed by atoms with van der Waals surface area (Å²) in [5, 5.41) is 8.36. The molecule has 2 heteroatoms. The first-order chi connectivity index (χ1) is 12.7. The summed E-state index contributed by atoms with van der Waals surface area (Å²) in [5.41, 5.74) is 0. The molecule has 0 amide bonds. The zero-order valence-electron chi connectivity index (χ0n) is 16.8. The Morgan fingerprint density at radius 2 is 1.50 bits per heavy atom. The Labute approximate surface area is 160 Å². The van der Waals surface area contributed by atoms with Crippen molar-refractivity contribution in [3.05, 3.63) is 24.1 Å². The van der Waals surface area contributed by atoms with Gasteiger partial charge in [0.1, 0.15) is 6.07 Å². The van der Waals surface area contributed by atoms with Crippen molar-refractivity contribution in [1.82, 2.24) is 0 Å². The predicted molar refractivity (Wildman–Crippen MR) is 108 cm³/mol. The highest BCUT2D eigenvalue weighted by Gasteiger charge is 2.30. The third-order valence-electron chi connectivity index (χ3n) is 6.89. The molecule has 0 radical (unpaired) electrons. The van der Waals surface area contributed by atoms with E-state index in [-0.39, 0.29) is 0 Å². The number of unbranched alkanes of at least 4 members (excludes halogenated alkanes) is 2. The summed E-state index contributed by atoms with van der Waals surface area (Å²) in [4.78, 5) is 0. The highest BCUT2D eigenvalue weighted by molar-refractivity contribution is 5.18. The number of nitrogens with zero attached hydrogens (tertiary/aromatic N) is 1. The Balaban J connectivity index is 1.58. The summed E-state index contributed by atoms with van der Waals surface area (Å²) in [5.74, 6) is 3.18. The Kier molecular flexibility index (Phi) is 10.0. The van der Waals surface area contributed by atoms with Crippen LogP contribution in [0, 0.1) is 35.0 Å². The largest absolute Gasteiger partial charge is 0.199 e. The van der Waals surface area contributed by atoms with Gasteiger partial charge in [-0.3, -0.25) is 0 Å². The molecule has 0 atom stereocenters. The van der Waals surface area contributed by atoms with Crippen LogP contribution in [0.25, 0.3) is 0 Å². The van der Waals surface area contributed by atoms with E-state index in [9.17, 15) is 4.39 Å². The fourth-order valence-corrected chi connectivity index (χ4v) is 5.20. The quantitative estimate of drug-likeness (QED) is 0.233. The van der Waals surface area contributed by atoms with Gasteiger partial charge in [0.05, 0.1) is 0 Å². The monoisotopic (exact) mass is 359 g/mol. The van der Waals surface area contributed by atoms with E-state index in [1.807, 2.05) is 6.08 Å². The minimum atomic E-state index is -0.707. The molecule has 0 aromatic rings. The highest BCUT2D eigenvalue weighted by atomic mass is 19.1. The minimum absolute atomic E-state index is 0.707. The van der Waals surface area contributed by atoms with Crippen LogP contribution in [0.15, 0.2) is 24.1 Å². The zero-order chi connectivity index (χ0) is 18.6. The second-order valence-electron chi connectivity index (χ2n) is 8.69. The van der Waals surface area contributed by atoms with Gasteiger partial charge in [-0.15, -0.1) is 0 Å². The molecular formula is C24H38FN. The van der Waals surface area contributed by atoms with Crippen molar-refractivity contribution in [1.29, 1.82) is 5.26 Å². The van der Waals surface area contributed by atoms with Crippen molar-refractivity contribution in [2.24, 2.45) is 23.7 Å². The average molecular weight is 360 g/mol. The van der Waals surface area contributed by atoms with E-state index in [0.717, 1.165) is 30.1 Å². The Morgan fingerprint density at radius 3 is 2.04 bits per heavy atom. The lowest BCUT2D eigenvalue weighted by Crippen LogP contribution is -2.25. The summed E-state index contributed by atoms with van der Waals surface area (Å²) in [6.45, 7) is 2.30. The molecule has 2 saturated carbocycles. The van der Waals surface area contributed by atoms with E-state index in [4.69, 9.17) is 5.26 Å². The fraction of sp³-hybridized carbons (Fsp3) is 0.792. The smallest absolute Gasteiger partial charge is 0.195 e. The molecule has 2 aliphatic rings. The first-order valence-electron chi connectivity index (χ1n) is 11.1. The van der Waals surface area contributed by atoms with Crippen LogP contribution in [0.1, 0.15) is 96.8 Å². The molecule has 0 saturated heterocycles. The van der Waals surface area contributed by atoms with E-state index >= 15 is 0 Å². The van der Waals surface area contributed by atoms with Gasteiger partial charge in [-0.25, -0.2) is 0 Å². The van der Waals surface area contributed by atoms with E-state index in [2.05, 4.69) is 6.92 Å². The van der Waals surface area contributed by atoms with Gasteiger partial charge in [0.15, 0.2) is 5.83 Å². The fourth-order valence-electron chi connectivity index (χ4n) is 5.20. The molecule has 2 aliphatic carbocycles. The highest BCUT2D eigenvalue weighted by Crippen LogP contribution is 2.43. The summed E-state index contributed by atoms with van der Waals surface area (Å²) in [6.07, 6.45) is 24.5. The van der Waals surface area contributed by atoms with E-state index < -0.39 is 5.83 Å². The van der Waals surface area contributed by atoms with Gasteiger partial charge in [-0.2, -0.15) is 9.65 Å². The molecule has 1 nitrogen and oxygen atoms in total. The normalized spacial score (nSPS) is 30.4. The molecular weight excluding hydrogens is 321 g/mol. The van der Waals surface area contributed by atoms with Crippen LogP contribution < -0.4 is 0 Å². The molecule has 0 heterocycles. The van der Waals surface area contributed by atoms with Gasteiger partial charge in [0, 0.05) is 0 Å². The molecule has 0 aliphatic heterocycles. The average Bonchev–Trinajstić information content (AvgIpc) is 2.69. The van der Waals surface area contributed by atoms with Crippen LogP contribution in [0.5, 0.6) is 0 Å². The first kappa shape index (κ1) is 21.2. The molecule has 146 valence electrons. The lowest BCUT2D eigenvalue weighted by Gasteiger charge is -2.38. The lowest BCUT2D eigenvalue weighted by atomic mass is 9.68. The molecule has 0 unspecified atom stereocenters. The third kappa shape index (κ3) is 7.65. The second kappa shape index (κ2) is 12.3. The number of rotatable bonds is 9. The topological polar surface area (TPSA) is 23.8 Å². The molecule has 2 fully saturated rings.